The Hall–Kier alpha value is -3.09. The summed E-state index contributed by atoms with van der Waals surface area (Å²) in [5.41, 5.74) is 4.29. The molecular weight excluding hydrogens is 450 g/mol. The van der Waals surface area contributed by atoms with E-state index in [0.717, 1.165) is 30.3 Å². The first-order valence-corrected chi connectivity index (χ1v) is 13.6. The number of aromatic nitrogens is 4. The Kier molecular flexibility index (Phi) is 11.0. The molecule has 0 aliphatic rings. The van der Waals surface area contributed by atoms with Crippen LogP contribution in [0.1, 0.15) is 89.1 Å². The third-order valence-corrected chi connectivity index (χ3v) is 6.50. The summed E-state index contributed by atoms with van der Waals surface area (Å²) in [6.45, 7) is 11.6. The average Bonchev–Trinajstić information content (AvgIpc) is 3.43. The van der Waals surface area contributed by atoms with Crippen molar-refractivity contribution in [3.63, 3.8) is 0 Å². The molecule has 7 heteroatoms. The number of rotatable bonds is 16. The number of fused-ring (bicyclic) bond motifs is 1. The standard InChI is InChI=1S/C29H43N5O2/c1-6-9-11-12-13-14-19-36-29-26(28-31-30-27(17-20-35-5)34(28)32-29)22-24-15-16-25(21-23(24)4)33(8-3)18-10-7-2/h15-17,20-22H,6-14,18-19H2,1-5H3/b20-17-,26-22+. The summed E-state index contributed by atoms with van der Waals surface area (Å²) in [6.07, 6.45) is 15.2. The van der Waals surface area contributed by atoms with Gasteiger partial charge in [-0.1, -0.05) is 58.4 Å². The number of ether oxygens (including phenoxy) is 2. The summed E-state index contributed by atoms with van der Waals surface area (Å²) in [4.78, 5) is 2.44. The Morgan fingerprint density at radius 2 is 1.75 bits per heavy atom. The molecule has 0 radical (unpaired) electrons. The third-order valence-electron chi connectivity index (χ3n) is 6.50. The highest BCUT2D eigenvalue weighted by Crippen LogP contribution is 2.21. The first-order valence-electron chi connectivity index (χ1n) is 13.6. The van der Waals surface area contributed by atoms with Gasteiger partial charge in [-0.25, -0.2) is 0 Å². The van der Waals surface area contributed by atoms with Gasteiger partial charge in [0.25, 0.3) is 0 Å². The molecule has 0 fully saturated rings. The van der Waals surface area contributed by atoms with Crippen LogP contribution in [0.3, 0.4) is 0 Å². The van der Waals surface area contributed by atoms with Crippen molar-refractivity contribution >= 4 is 23.5 Å². The molecule has 0 aliphatic carbocycles. The van der Waals surface area contributed by atoms with Crippen LogP contribution in [-0.2, 0) is 4.74 Å². The van der Waals surface area contributed by atoms with E-state index >= 15 is 0 Å². The van der Waals surface area contributed by atoms with Gasteiger partial charge >= 0.3 is 0 Å². The molecule has 1 aromatic carbocycles. The molecule has 0 aliphatic heterocycles. The summed E-state index contributed by atoms with van der Waals surface area (Å²) in [5.74, 6) is 1.21. The van der Waals surface area contributed by atoms with E-state index in [-0.39, 0.29) is 0 Å². The maximum absolute atomic E-state index is 6.19. The minimum absolute atomic E-state index is 0.599. The van der Waals surface area contributed by atoms with Gasteiger partial charge in [-0.3, -0.25) is 0 Å². The molecular formula is C29H43N5O2. The molecule has 0 bridgehead atoms. The zero-order valence-corrected chi connectivity index (χ0v) is 22.8. The maximum atomic E-state index is 6.19. The second-order valence-corrected chi connectivity index (χ2v) is 9.29. The smallest absolute Gasteiger partial charge is 0.243 e. The molecule has 2 heterocycles. The number of hydrogen-bond donors (Lipinski definition) is 0. The van der Waals surface area contributed by atoms with Crippen LogP contribution in [0.25, 0.3) is 17.8 Å². The lowest BCUT2D eigenvalue weighted by Crippen LogP contribution is -2.23. The minimum Gasteiger partial charge on any atom is -0.504 e. The van der Waals surface area contributed by atoms with E-state index in [9.17, 15) is 0 Å². The molecule has 3 rings (SSSR count). The van der Waals surface area contributed by atoms with Crippen molar-refractivity contribution in [3.05, 3.63) is 46.6 Å². The number of aryl methyl sites for hydroxylation is 1. The van der Waals surface area contributed by atoms with Crippen LogP contribution >= 0.6 is 0 Å². The van der Waals surface area contributed by atoms with Gasteiger partial charge in [0.1, 0.15) is 0 Å². The van der Waals surface area contributed by atoms with Gasteiger partial charge in [-0.05, 0) is 56.0 Å². The molecule has 0 saturated heterocycles. The summed E-state index contributed by atoms with van der Waals surface area (Å²) in [6, 6.07) is 6.66. The van der Waals surface area contributed by atoms with E-state index in [2.05, 4.69) is 67.1 Å². The van der Waals surface area contributed by atoms with Crippen molar-refractivity contribution in [1.82, 2.24) is 19.8 Å². The summed E-state index contributed by atoms with van der Waals surface area (Å²) in [5, 5.41) is 14.3. The fourth-order valence-corrected chi connectivity index (χ4v) is 4.31. The molecule has 0 atom stereocenters. The van der Waals surface area contributed by atoms with E-state index in [4.69, 9.17) is 14.6 Å². The quantitative estimate of drug-likeness (QED) is 0.181. The van der Waals surface area contributed by atoms with E-state index in [1.165, 1.54) is 56.2 Å². The van der Waals surface area contributed by atoms with Crippen LogP contribution in [0, 0.1) is 6.92 Å². The van der Waals surface area contributed by atoms with Gasteiger partial charge in [0.05, 0.1) is 25.2 Å². The molecule has 7 nitrogen and oxygen atoms in total. The highest BCUT2D eigenvalue weighted by Gasteiger charge is 2.15. The number of nitrogens with zero attached hydrogens (tertiary/aromatic N) is 5. The van der Waals surface area contributed by atoms with E-state index in [1.54, 1.807) is 24.0 Å². The maximum Gasteiger partial charge on any atom is 0.243 e. The lowest BCUT2D eigenvalue weighted by atomic mass is 10.1. The Bertz CT molecular complexity index is 1150. The monoisotopic (exact) mass is 493 g/mol. The molecule has 0 unspecified atom stereocenters. The Labute approximate surface area is 216 Å². The molecule has 0 saturated carbocycles. The fourth-order valence-electron chi connectivity index (χ4n) is 4.31. The third kappa shape index (κ3) is 7.21. The van der Waals surface area contributed by atoms with Crippen LogP contribution < -0.4 is 14.9 Å². The largest absolute Gasteiger partial charge is 0.504 e. The first-order chi connectivity index (χ1) is 17.6. The fraction of sp³-hybridized carbons (Fsp3) is 0.552. The number of hydrogen-bond acceptors (Lipinski definition) is 6. The first kappa shape index (κ1) is 27.5. The molecule has 0 spiro atoms. The second kappa shape index (κ2) is 14.5. The average molecular weight is 494 g/mol. The van der Waals surface area contributed by atoms with Crippen LogP contribution in [-0.4, -0.2) is 46.6 Å². The lowest BCUT2D eigenvalue weighted by Gasteiger charge is -2.23. The zero-order chi connectivity index (χ0) is 25.8. The minimum atomic E-state index is 0.599. The Morgan fingerprint density at radius 3 is 2.47 bits per heavy atom. The predicted molar refractivity (Wildman–Crippen MR) is 148 cm³/mol. The van der Waals surface area contributed by atoms with E-state index in [1.807, 2.05) is 0 Å². The van der Waals surface area contributed by atoms with Gasteiger partial charge in [-0.15, -0.1) is 15.3 Å². The summed E-state index contributed by atoms with van der Waals surface area (Å²) >= 11 is 0. The van der Waals surface area contributed by atoms with Crippen LogP contribution in [0.4, 0.5) is 5.69 Å². The molecule has 0 N–H and O–H groups in total. The highest BCUT2D eigenvalue weighted by atomic mass is 16.5. The van der Waals surface area contributed by atoms with Crippen molar-refractivity contribution in [2.24, 2.45) is 0 Å². The van der Waals surface area contributed by atoms with Gasteiger partial charge in [0.15, 0.2) is 11.5 Å². The van der Waals surface area contributed by atoms with Crippen molar-refractivity contribution in [3.8, 4) is 5.88 Å². The van der Waals surface area contributed by atoms with Crippen molar-refractivity contribution in [2.45, 2.75) is 79.1 Å². The zero-order valence-electron chi connectivity index (χ0n) is 22.8. The molecule has 196 valence electrons. The summed E-state index contributed by atoms with van der Waals surface area (Å²) < 4.78 is 13.0. The van der Waals surface area contributed by atoms with Crippen molar-refractivity contribution < 1.29 is 9.47 Å². The molecule has 2 aromatic heterocycles. The number of methoxy groups -OCH3 is 1. The van der Waals surface area contributed by atoms with Gasteiger partial charge in [0, 0.05) is 24.9 Å². The van der Waals surface area contributed by atoms with E-state index in [0.29, 0.717) is 24.0 Å². The highest BCUT2D eigenvalue weighted by molar-refractivity contribution is 5.65. The topological polar surface area (TPSA) is 64.8 Å². The van der Waals surface area contributed by atoms with Gasteiger partial charge in [-0.2, -0.15) is 4.52 Å². The molecule has 0 amide bonds. The summed E-state index contributed by atoms with van der Waals surface area (Å²) in [7, 11) is 1.61. The normalized spacial score (nSPS) is 12.2. The predicted octanol–water partition coefficient (Wildman–Crippen LogP) is 5.96. The number of anilines is 1. The molecule has 3 aromatic rings. The number of unbranched alkanes of at least 4 members (excludes halogenated alkanes) is 6. The van der Waals surface area contributed by atoms with Crippen molar-refractivity contribution in [2.75, 3.05) is 31.7 Å². The second-order valence-electron chi connectivity index (χ2n) is 9.29. The van der Waals surface area contributed by atoms with Gasteiger partial charge < -0.3 is 14.4 Å². The lowest BCUT2D eigenvalue weighted by molar-refractivity contribution is 0.289. The Balaban J connectivity index is 1.89. The van der Waals surface area contributed by atoms with E-state index < -0.39 is 0 Å². The van der Waals surface area contributed by atoms with Crippen molar-refractivity contribution in [1.29, 1.82) is 0 Å². The van der Waals surface area contributed by atoms with Gasteiger partial charge in [0.2, 0.25) is 5.88 Å². The van der Waals surface area contributed by atoms with Crippen LogP contribution in [0.2, 0.25) is 0 Å². The SMILES string of the molecule is CCCCCCCCOc1nn2c(/C=C\OC)nnc2/c1=C\c1ccc(N(CC)CCCC)cc1C. The molecule has 36 heavy (non-hydrogen) atoms. The Morgan fingerprint density at radius 1 is 0.972 bits per heavy atom. The van der Waals surface area contributed by atoms with Crippen LogP contribution in [0.5, 0.6) is 5.88 Å². The van der Waals surface area contributed by atoms with Crippen LogP contribution in [0.15, 0.2) is 24.5 Å². The number of benzene rings is 1.